The van der Waals surface area contributed by atoms with Crippen molar-refractivity contribution in [3.8, 4) is 11.5 Å². The van der Waals surface area contributed by atoms with Gasteiger partial charge in [-0.25, -0.2) is 0 Å². The monoisotopic (exact) mass is 426 g/mol. The number of hydrogen-bond donors (Lipinski definition) is 0. The number of hydrogen-bond acceptors (Lipinski definition) is 5. The van der Waals surface area contributed by atoms with E-state index in [0.717, 1.165) is 24.4 Å². The summed E-state index contributed by atoms with van der Waals surface area (Å²) in [4.78, 5) is 0. The van der Waals surface area contributed by atoms with Gasteiger partial charge in [0, 0.05) is 25.0 Å². The minimum atomic E-state index is -3.06. The molecule has 5 nitrogen and oxygen atoms in total. The van der Waals surface area contributed by atoms with Crippen molar-refractivity contribution in [3.05, 3.63) is 18.2 Å². The third-order valence-electron chi connectivity index (χ3n) is 3.62. The third-order valence-corrected chi connectivity index (χ3v) is 6.39. The first-order chi connectivity index (χ1) is 13.5. The molecule has 0 unspecified atom stereocenters. The van der Waals surface area contributed by atoms with Crippen LogP contribution in [0.5, 0.6) is 11.5 Å². The van der Waals surface area contributed by atoms with Crippen LogP contribution in [-0.4, -0.2) is 39.8 Å². The average molecular weight is 427 g/mol. The molecule has 0 spiro atoms. The molecule has 0 heterocycles. The summed E-state index contributed by atoms with van der Waals surface area (Å²) in [6, 6.07) is 5.94. The highest BCUT2D eigenvalue weighted by molar-refractivity contribution is 6.75. The first-order valence-corrected chi connectivity index (χ1v) is 12.6. The summed E-state index contributed by atoms with van der Waals surface area (Å²) in [5, 5.41) is 0.911. The van der Waals surface area contributed by atoms with Crippen molar-refractivity contribution < 1.29 is 22.8 Å². The predicted molar refractivity (Wildman–Crippen MR) is 121 cm³/mol. The van der Waals surface area contributed by atoms with Gasteiger partial charge < -0.3 is 22.8 Å². The van der Waals surface area contributed by atoms with E-state index in [-0.39, 0.29) is 11.2 Å². The SMILES string of the molecule is CCCO[Si](OCCC)(OCCC)c1ccc(OC(C)(C)C)c(OC(C)(C)C)c1. The van der Waals surface area contributed by atoms with Crippen LogP contribution in [0.2, 0.25) is 0 Å². The number of ether oxygens (including phenoxy) is 2. The summed E-state index contributed by atoms with van der Waals surface area (Å²) in [6.07, 6.45) is 2.70. The smallest absolute Gasteiger partial charge is 0.484 e. The van der Waals surface area contributed by atoms with Crippen molar-refractivity contribution >= 4 is 14.0 Å². The largest absolute Gasteiger partial charge is 0.537 e. The molecule has 0 saturated heterocycles. The molecule has 0 aliphatic heterocycles. The molecule has 168 valence electrons. The summed E-state index contributed by atoms with van der Waals surface area (Å²) < 4.78 is 31.3. The van der Waals surface area contributed by atoms with E-state index >= 15 is 0 Å². The maximum atomic E-state index is 6.29. The van der Waals surface area contributed by atoms with Crippen LogP contribution in [0.3, 0.4) is 0 Å². The summed E-state index contributed by atoms with van der Waals surface area (Å²) in [5.41, 5.74) is -0.695. The summed E-state index contributed by atoms with van der Waals surface area (Å²) >= 11 is 0. The Morgan fingerprint density at radius 1 is 0.655 bits per heavy atom. The van der Waals surface area contributed by atoms with E-state index in [1.807, 2.05) is 59.7 Å². The Morgan fingerprint density at radius 3 is 1.45 bits per heavy atom. The maximum absolute atomic E-state index is 6.29. The maximum Gasteiger partial charge on any atom is 0.537 e. The molecular formula is C23H42O5Si. The van der Waals surface area contributed by atoms with E-state index in [9.17, 15) is 0 Å². The Morgan fingerprint density at radius 2 is 1.07 bits per heavy atom. The highest BCUT2D eigenvalue weighted by Gasteiger charge is 2.44. The Kier molecular flexibility index (Phi) is 10.2. The second kappa shape index (κ2) is 11.3. The first kappa shape index (κ1) is 26.0. The molecule has 0 aliphatic rings. The molecule has 29 heavy (non-hydrogen) atoms. The fraction of sp³-hybridized carbons (Fsp3) is 0.739. The van der Waals surface area contributed by atoms with Gasteiger partial charge in [-0.05, 0) is 72.9 Å². The summed E-state index contributed by atoms with van der Waals surface area (Å²) in [5.74, 6) is 1.39. The van der Waals surface area contributed by atoms with Gasteiger partial charge in [0.25, 0.3) is 0 Å². The Hall–Kier alpha value is -1.08. The zero-order valence-electron chi connectivity index (χ0n) is 20.0. The lowest BCUT2D eigenvalue weighted by atomic mass is 10.1. The Balaban J connectivity index is 3.46. The van der Waals surface area contributed by atoms with Gasteiger partial charge in [0.05, 0.1) is 0 Å². The van der Waals surface area contributed by atoms with Crippen LogP contribution in [0.1, 0.15) is 81.6 Å². The van der Waals surface area contributed by atoms with Crippen molar-refractivity contribution in [2.75, 3.05) is 19.8 Å². The van der Waals surface area contributed by atoms with Gasteiger partial charge in [-0.3, -0.25) is 0 Å². The van der Waals surface area contributed by atoms with Crippen molar-refractivity contribution in [2.45, 2.75) is 92.8 Å². The number of rotatable bonds is 12. The quantitative estimate of drug-likeness (QED) is 0.415. The number of benzene rings is 1. The summed E-state index contributed by atoms with van der Waals surface area (Å²) in [6.45, 7) is 20.2. The van der Waals surface area contributed by atoms with E-state index in [4.69, 9.17) is 22.8 Å². The van der Waals surface area contributed by atoms with Crippen molar-refractivity contribution in [1.29, 1.82) is 0 Å². The second-order valence-electron chi connectivity index (χ2n) is 9.19. The summed E-state index contributed by atoms with van der Waals surface area (Å²) in [7, 11) is -3.06. The average Bonchev–Trinajstić information content (AvgIpc) is 2.60. The molecule has 0 aromatic heterocycles. The van der Waals surface area contributed by atoms with Gasteiger partial charge >= 0.3 is 8.80 Å². The lowest BCUT2D eigenvalue weighted by Crippen LogP contribution is -2.57. The fourth-order valence-electron chi connectivity index (χ4n) is 2.61. The molecule has 0 N–H and O–H groups in total. The first-order valence-electron chi connectivity index (χ1n) is 10.9. The topological polar surface area (TPSA) is 46.2 Å². The zero-order chi connectivity index (χ0) is 22.1. The third kappa shape index (κ3) is 9.07. The van der Waals surface area contributed by atoms with Crippen molar-refractivity contribution in [2.24, 2.45) is 0 Å². The van der Waals surface area contributed by atoms with Crippen LogP contribution in [-0.2, 0) is 13.3 Å². The predicted octanol–water partition coefficient (Wildman–Crippen LogP) is 5.47. The molecule has 0 radical (unpaired) electrons. The Labute approximate surface area is 179 Å². The standard InChI is InChI=1S/C23H42O5Si/c1-10-15-24-29(25-16-11-2,26-17-12-3)19-13-14-20(27-22(4,5)6)21(18-19)28-23(7,8)9/h13-14,18H,10-12,15-17H2,1-9H3. The van der Waals surface area contributed by atoms with Gasteiger partial charge in [0.1, 0.15) is 11.2 Å². The molecule has 0 bridgehead atoms. The van der Waals surface area contributed by atoms with Crippen molar-refractivity contribution in [1.82, 2.24) is 0 Å². The van der Waals surface area contributed by atoms with E-state index in [1.54, 1.807) is 0 Å². The molecule has 1 rings (SSSR count). The van der Waals surface area contributed by atoms with Gasteiger partial charge in [-0.1, -0.05) is 26.8 Å². The van der Waals surface area contributed by atoms with Crippen LogP contribution < -0.4 is 14.7 Å². The van der Waals surface area contributed by atoms with E-state index in [2.05, 4.69) is 20.8 Å². The van der Waals surface area contributed by atoms with Gasteiger partial charge in [-0.15, -0.1) is 0 Å². The van der Waals surface area contributed by atoms with Crippen LogP contribution >= 0.6 is 0 Å². The minimum Gasteiger partial charge on any atom is -0.484 e. The van der Waals surface area contributed by atoms with Crippen LogP contribution in [0, 0.1) is 0 Å². The fourth-order valence-corrected chi connectivity index (χ4v) is 5.37. The van der Waals surface area contributed by atoms with Crippen molar-refractivity contribution in [3.63, 3.8) is 0 Å². The van der Waals surface area contributed by atoms with Crippen LogP contribution in [0.4, 0.5) is 0 Å². The van der Waals surface area contributed by atoms with Crippen LogP contribution in [0.25, 0.3) is 0 Å². The molecule has 0 fully saturated rings. The van der Waals surface area contributed by atoms with E-state index in [0.29, 0.717) is 31.3 Å². The molecule has 0 saturated carbocycles. The molecule has 0 atom stereocenters. The highest BCUT2D eigenvalue weighted by atomic mass is 28.4. The molecule has 0 aliphatic carbocycles. The van der Waals surface area contributed by atoms with Crippen LogP contribution in [0.15, 0.2) is 18.2 Å². The minimum absolute atomic E-state index is 0.331. The lowest BCUT2D eigenvalue weighted by Gasteiger charge is -2.32. The lowest BCUT2D eigenvalue weighted by molar-refractivity contribution is 0.0726. The molecular weight excluding hydrogens is 384 g/mol. The molecule has 1 aromatic carbocycles. The van der Waals surface area contributed by atoms with E-state index in [1.165, 1.54) is 0 Å². The molecule has 0 amide bonds. The zero-order valence-corrected chi connectivity index (χ0v) is 21.0. The van der Waals surface area contributed by atoms with Gasteiger partial charge in [-0.2, -0.15) is 0 Å². The van der Waals surface area contributed by atoms with Gasteiger partial charge in [0.2, 0.25) is 0 Å². The molecule has 6 heteroatoms. The highest BCUT2D eigenvalue weighted by Crippen LogP contribution is 2.33. The Bertz CT molecular complexity index is 582. The van der Waals surface area contributed by atoms with E-state index < -0.39 is 8.80 Å². The molecule has 1 aromatic rings. The normalized spacial score (nSPS) is 12.9. The van der Waals surface area contributed by atoms with Gasteiger partial charge in [0.15, 0.2) is 11.5 Å². The second-order valence-corrected chi connectivity index (χ2v) is 11.7.